The number of anilines is 1. The number of para-hydroxylation sites is 1. The van der Waals surface area contributed by atoms with Crippen LogP contribution < -0.4 is 14.8 Å². The number of amides is 2. The van der Waals surface area contributed by atoms with Crippen LogP contribution in [0.4, 0.5) is 5.69 Å². The minimum atomic E-state index is -0.284. The topological polar surface area (TPSA) is 107 Å². The van der Waals surface area contributed by atoms with E-state index < -0.39 is 0 Å². The van der Waals surface area contributed by atoms with E-state index in [4.69, 9.17) is 9.47 Å². The number of pyridine rings is 2. The van der Waals surface area contributed by atoms with Gasteiger partial charge in [0.25, 0.3) is 11.8 Å². The van der Waals surface area contributed by atoms with Crippen molar-refractivity contribution in [1.29, 1.82) is 0 Å². The molecule has 0 saturated carbocycles. The Labute approximate surface area is 212 Å². The minimum Gasteiger partial charge on any atom is -0.496 e. The molecule has 9 nitrogen and oxygen atoms in total. The van der Waals surface area contributed by atoms with Crippen LogP contribution in [0.3, 0.4) is 0 Å². The summed E-state index contributed by atoms with van der Waals surface area (Å²) in [5.41, 5.74) is 2.05. The number of methoxy groups -OCH3 is 2. The summed E-state index contributed by atoms with van der Waals surface area (Å²) < 4.78 is 10.5. The second kappa shape index (κ2) is 10.3. The molecule has 5 rings (SSSR count). The van der Waals surface area contributed by atoms with Crippen LogP contribution in [0.2, 0.25) is 0 Å². The smallest absolute Gasteiger partial charge is 0.275 e. The van der Waals surface area contributed by atoms with Crippen LogP contribution in [-0.2, 0) is 0 Å². The van der Waals surface area contributed by atoms with Crippen molar-refractivity contribution in [2.75, 3.05) is 32.6 Å². The molecule has 0 bridgehead atoms. The third-order valence-electron chi connectivity index (χ3n) is 6.21. The Hall–Kier alpha value is -4.05. The van der Waals surface area contributed by atoms with Gasteiger partial charge in [-0.2, -0.15) is 0 Å². The zero-order chi connectivity index (χ0) is 25.1. The van der Waals surface area contributed by atoms with E-state index in [-0.39, 0.29) is 17.7 Å². The van der Waals surface area contributed by atoms with Gasteiger partial charge < -0.3 is 19.7 Å². The van der Waals surface area contributed by atoms with E-state index in [1.165, 1.54) is 24.6 Å². The summed E-state index contributed by atoms with van der Waals surface area (Å²) in [6.45, 7) is 1.19. The number of piperidine rings is 1. The summed E-state index contributed by atoms with van der Waals surface area (Å²) in [6.07, 6.45) is 3.08. The molecule has 0 atom stereocenters. The Balaban J connectivity index is 1.21. The van der Waals surface area contributed by atoms with Crippen molar-refractivity contribution in [3.63, 3.8) is 0 Å². The first-order chi connectivity index (χ1) is 17.6. The average Bonchev–Trinajstić information content (AvgIpc) is 3.43. The van der Waals surface area contributed by atoms with Crippen LogP contribution in [0.5, 0.6) is 11.6 Å². The van der Waals surface area contributed by atoms with Crippen LogP contribution in [0, 0.1) is 0 Å². The summed E-state index contributed by atoms with van der Waals surface area (Å²) in [6, 6.07) is 12.7. The summed E-state index contributed by atoms with van der Waals surface area (Å²) in [7, 11) is 3.13. The predicted molar refractivity (Wildman–Crippen MR) is 137 cm³/mol. The highest BCUT2D eigenvalue weighted by Crippen LogP contribution is 2.32. The number of nitrogens with zero attached hydrogens (tertiary/aromatic N) is 4. The van der Waals surface area contributed by atoms with Gasteiger partial charge in [0.1, 0.15) is 17.1 Å². The van der Waals surface area contributed by atoms with Gasteiger partial charge in [0, 0.05) is 41.9 Å². The first-order valence-electron chi connectivity index (χ1n) is 11.6. The molecule has 184 valence electrons. The fraction of sp³-hybridized carbons (Fsp3) is 0.269. The summed E-state index contributed by atoms with van der Waals surface area (Å²) >= 11 is 1.47. The highest BCUT2D eigenvalue weighted by molar-refractivity contribution is 7.10. The van der Waals surface area contributed by atoms with Crippen LogP contribution in [0.1, 0.15) is 44.7 Å². The van der Waals surface area contributed by atoms with Crippen LogP contribution in [0.15, 0.2) is 54.0 Å². The number of carbonyl (C=O) groups is 2. The number of hydrogen-bond acceptors (Lipinski definition) is 8. The number of fused-ring (bicyclic) bond motifs is 1. The van der Waals surface area contributed by atoms with Gasteiger partial charge in [0.2, 0.25) is 5.88 Å². The van der Waals surface area contributed by atoms with Crippen molar-refractivity contribution >= 4 is 39.7 Å². The third-order valence-corrected chi connectivity index (χ3v) is 7.21. The molecule has 3 aromatic heterocycles. The Morgan fingerprint density at radius 1 is 1.03 bits per heavy atom. The van der Waals surface area contributed by atoms with E-state index in [1.807, 2.05) is 29.2 Å². The Morgan fingerprint density at radius 2 is 1.83 bits per heavy atom. The molecular weight excluding hydrogens is 478 g/mol. The second-order valence-corrected chi connectivity index (χ2v) is 9.30. The van der Waals surface area contributed by atoms with Gasteiger partial charge in [-0.1, -0.05) is 12.1 Å². The van der Waals surface area contributed by atoms with Crippen molar-refractivity contribution < 1.29 is 19.1 Å². The molecule has 4 heterocycles. The van der Waals surface area contributed by atoms with Crippen LogP contribution >= 0.6 is 11.3 Å². The fourth-order valence-electron chi connectivity index (χ4n) is 4.26. The number of rotatable bonds is 6. The SMILES string of the molecule is COc1ccc(NC(=O)c2csc(C3CCN(C(=O)c4cc(OC)c5ccccc5n4)CC3)n2)cn1. The van der Waals surface area contributed by atoms with E-state index in [2.05, 4.69) is 20.3 Å². The van der Waals surface area contributed by atoms with E-state index in [1.54, 1.807) is 30.7 Å². The Morgan fingerprint density at radius 3 is 2.56 bits per heavy atom. The third kappa shape index (κ3) is 4.85. The fourth-order valence-corrected chi connectivity index (χ4v) is 5.23. The molecule has 1 saturated heterocycles. The lowest BCUT2D eigenvalue weighted by Crippen LogP contribution is -2.38. The van der Waals surface area contributed by atoms with E-state index in [0.717, 1.165) is 28.8 Å². The molecule has 4 aromatic rings. The quantitative estimate of drug-likeness (QED) is 0.416. The lowest BCUT2D eigenvalue weighted by molar-refractivity contribution is 0.0707. The molecule has 1 aromatic carbocycles. The normalized spacial score (nSPS) is 14.0. The highest BCUT2D eigenvalue weighted by atomic mass is 32.1. The second-order valence-electron chi connectivity index (χ2n) is 8.41. The molecule has 0 spiro atoms. The van der Waals surface area contributed by atoms with Gasteiger partial charge >= 0.3 is 0 Å². The maximum absolute atomic E-state index is 13.2. The van der Waals surface area contributed by atoms with Gasteiger partial charge in [-0.25, -0.2) is 15.0 Å². The molecule has 2 amide bonds. The first-order valence-corrected chi connectivity index (χ1v) is 12.4. The van der Waals surface area contributed by atoms with E-state index in [0.29, 0.717) is 41.8 Å². The highest BCUT2D eigenvalue weighted by Gasteiger charge is 2.28. The number of hydrogen-bond donors (Lipinski definition) is 1. The van der Waals surface area contributed by atoms with Crippen molar-refractivity contribution in [2.24, 2.45) is 0 Å². The Kier molecular flexibility index (Phi) is 6.77. The molecule has 1 N–H and O–H groups in total. The van der Waals surface area contributed by atoms with Crippen molar-refractivity contribution in [3.05, 3.63) is 70.4 Å². The molecule has 1 aliphatic heterocycles. The van der Waals surface area contributed by atoms with Gasteiger partial charge in [-0.05, 0) is 31.0 Å². The number of benzene rings is 1. The lowest BCUT2D eigenvalue weighted by atomic mass is 9.97. The maximum Gasteiger partial charge on any atom is 0.275 e. The maximum atomic E-state index is 13.2. The van der Waals surface area contributed by atoms with E-state index in [9.17, 15) is 9.59 Å². The zero-order valence-corrected chi connectivity index (χ0v) is 20.7. The number of thiazole rings is 1. The van der Waals surface area contributed by atoms with E-state index >= 15 is 0 Å². The number of nitrogens with one attached hydrogen (secondary N) is 1. The minimum absolute atomic E-state index is 0.107. The zero-order valence-electron chi connectivity index (χ0n) is 19.9. The number of likely N-dealkylation sites (tertiary alicyclic amines) is 1. The molecule has 0 aliphatic carbocycles. The standard InChI is InChI=1S/C26H25N5O4S/c1-34-22-13-20(29-19-6-4-3-5-18(19)22)26(33)31-11-9-16(10-12-31)25-30-21(15-36-25)24(32)28-17-7-8-23(35-2)27-14-17/h3-8,13-16H,9-12H2,1-2H3,(H,28,32). The number of aromatic nitrogens is 3. The van der Waals surface area contributed by atoms with Crippen molar-refractivity contribution in [2.45, 2.75) is 18.8 Å². The molecule has 36 heavy (non-hydrogen) atoms. The number of ether oxygens (including phenoxy) is 2. The summed E-state index contributed by atoms with van der Waals surface area (Å²) in [5.74, 6) is 0.919. The lowest BCUT2D eigenvalue weighted by Gasteiger charge is -2.31. The largest absolute Gasteiger partial charge is 0.496 e. The molecule has 10 heteroatoms. The van der Waals surface area contributed by atoms with Gasteiger partial charge in [0.05, 0.1) is 36.6 Å². The first kappa shape index (κ1) is 23.7. The average molecular weight is 504 g/mol. The molecule has 1 fully saturated rings. The van der Waals surface area contributed by atoms with Crippen LogP contribution in [-0.4, -0.2) is 59.0 Å². The van der Waals surface area contributed by atoms with Crippen LogP contribution in [0.25, 0.3) is 10.9 Å². The summed E-state index contributed by atoms with van der Waals surface area (Å²) in [5, 5.41) is 6.36. The molecule has 0 unspecified atom stereocenters. The van der Waals surface area contributed by atoms with Crippen molar-refractivity contribution in [1.82, 2.24) is 19.9 Å². The number of carbonyl (C=O) groups excluding carboxylic acids is 2. The molecule has 1 aliphatic rings. The molecular formula is C26H25N5O4S. The van der Waals surface area contributed by atoms with Gasteiger partial charge in [0.15, 0.2) is 0 Å². The van der Waals surface area contributed by atoms with Crippen molar-refractivity contribution in [3.8, 4) is 11.6 Å². The Bertz CT molecular complexity index is 1400. The monoisotopic (exact) mass is 503 g/mol. The molecule has 0 radical (unpaired) electrons. The summed E-state index contributed by atoms with van der Waals surface area (Å²) in [4.78, 5) is 40.9. The van der Waals surface area contributed by atoms with Gasteiger partial charge in [-0.3, -0.25) is 9.59 Å². The van der Waals surface area contributed by atoms with Gasteiger partial charge in [-0.15, -0.1) is 11.3 Å². The predicted octanol–water partition coefficient (Wildman–Crippen LogP) is 4.38.